The molecule has 0 saturated carbocycles. The van der Waals surface area contributed by atoms with Gasteiger partial charge in [0.2, 0.25) is 5.91 Å². The van der Waals surface area contributed by atoms with E-state index in [2.05, 4.69) is 11.4 Å². The fourth-order valence-corrected chi connectivity index (χ4v) is 2.88. The summed E-state index contributed by atoms with van der Waals surface area (Å²) in [4.78, 5) is 12.4. The Labute approximate surface area is 116 Å². The largest absolute Gasteiger partial charge is 0.497 e. The number of benzene rings is 2. The zero-order valence-corrected chi connectivity index (χ0v) is 11.3. The minimum Gasteiger partial charge on any atom is -0.497 e. The van der Waals surface area contributed by atoms with Gasteiger partial charge < -0.3 is 10.1 Å². The van der Waals surface area contributed by atoms with Crippen LogP contribution in [-0.4, -0.2) is 18.8 Å². The van der Waals surface area contributed by atoms with Crippen LogP contribution < -0.4 is 10.1 Å². The fraction of sp³-hybridized carbons (Fsp3) is 0.133. The Morgan fingerprint density at radius 3 is 2.58 bits per heavy atom. The normalized spacial score (nSPS) is 13.6. The molecule has 19 heavy (non-hydrogen) atoms. The molecule has 4 heteroatoms. The van der Waals surface area contributed by atoms with Crippen molar-refractivity contribution in [2.45, 2.75) is 4.90 Å². The summed E-state index contributed by atoms with van der Waals surface area (Å²) >= 11 is 1.58. The highest BCUT2D eigenvalue weighted by Gasteiger charge is 2.15. The zero-order valence-electron chi connectivity index (χ0n) is 10.5. The molecule has 0 aliphatic carbocycles. The van der Waals surface area contributed by atoms with Gasteiger partial charge in [0.25, 0.3) is 0 Å². The molecule has 96 valence electrons. The first-order valence-electron chi connectivity index (χ1n) is 5.97. The van der Waals surface area contributed by atoms with Crippen molar-refractivity contribution in [3.05, 3.63) is 42.5 Å². The van der Waals surface area contributed by atoms with Crippen molar-refractivity contribution < 1.29 is 9.53 Å². The lowest BCUT2D eigenvalue weighted by atomic mass is 10.1. The molecule has 2 aromatic rings. The summed E-state index contributed by atoms with van der Waals surface area (Å²) < 4.78 is 5.16. The zero-order chi connectivity index (χ0) is 13.2. The number of methoxy groups -OCH3 is 1. The molecule has 2 aromatic carbocycles. The van der Waals surface area contributed by atoms with Crippen LogP contribution in [0.3, 0.4) is 0 Å². The van der Waals surface area contributed by atoms with Crippen molar-refractivity contribution in [3.63, 3.8) is 0 Å². The molecule has 1 N–H and O–H groups in total. The molecule has 1 heterocycles. The maximum Gasteiger partial charge on any atom is 0.234 e. The number of fused-ring (bicyclic) bond motifs is 1. The van der Waals surface area contributed by atoms with Gasteiger partial charge in [-0.05, 0) is 35.4 Å². The summed E-state index contributed by atoms with van der Waals surface area (Å²) in [7, 11) is 1.66. The van der Waals surface area contributed by atoms with Crippen molar-refractivity contribution in [2.24, 2.45) is 0 Å². The average molecular weight is 271 g/mol. The number of thioether (sulfide) groups is 1. The van der Waals surface area contributed by atoms with E-state index in [0.29, 0.717) is 5.75 Å². The third kappa shape index (κ3) is 2.44. The summed E-state index contributed by atoms with van der Waals surface area (Å²) in [6, 6.07) is 14.1. The number of rotatable bonds is 2. The molecule has 0 unspecified atom stereocenters. The lowest BCUT2D eigenvalue weighted by molar-refractivity contribution is -0.113. The van der Waals surface area contributed by atoms with Gasteiger partial charge in [0.05, 0.1) is 18.6 Å². The number of carbonyl (C=O) groups excluding carboxylic acids is 1. The SMILES string of the molecule is COc1ccc(-c2ccc3c(c2)SCC(=O)N3)cc1. The Morgan fingerprint density at radius 1 is 1.11 bits per heavy atom. The van der Waals surface area contributed by atoms with E-state index in [-0.39, 0.29) is 5.91 Å². The molecule has 0 aromatic heterocycles. The van der Waals surface area contributed by atoms with Gasteiger partial charge in [-0.25, -0.2) is 0 Å². The van der Waals surface area contributed by atoms with Gasteiger partial charge in [0.1, 0.15) is 5.75 Å². The lowest BCUT2D eigenvalue weighted by Gasteiger charge is -2.17. The van der Waals surface area contributed by atoms with Crippen LogP contribution in [0.1, 0.15) is 0 Å². The van der Waals surface area contributed by atoms with Crippen LogP contribution in [0.15, 0.2) is 47.4 Å². The van der Waals surface area contributed by atoms with E-state index in [1.54, 1.807) is 18.9 Å². The summed E-state index contributed by atoms with van der Waals surface area (Å²) in [6.07, 6.45) is 0. The van der Waals surface area contributed by atoms with Crippen molar-refractivity contribution in [1.29, 1.82) is 0 Å². The maximum absolute atomic E-state index is 11.3. The molecule has 3 nitrogen and oxygen atoms in total. The van der Waals surface area contributed by atoms with Crippen LogP contribution in [0.4, 0.5) is 5.69 Å². The Bertz CT molecular complexity index is 623. The van der Waals surface area contributed by atoms with Gasteiger partial charge in [-0.3, -0.25) is 4.79 Å². The van der Waals surface area contributed by atoms with Gasteiger partial charge in [0.15, 0.2) is 0 Å². The van der Waals surface area contributed by atoms with Crippen molar-refractivity contribution in [2.75, 3.05) is 18.2 Å². The molecule has 0 spiro atoms. The molecule has 0 radical (unpaired) electrons. The van der Waals surface area contributed by atoms with E-state index in [1.165, 1.54) is 0 Å². The lowest BCUT2D eigenvalue weighted by Crippen LogP contribution is -2.18. The van der Waals surface area contributed by atoms with Crippen molar-refractivity contribution >= 4 is 23.4 Å². The van der Waals surface area contributed by atoms with Crippen molar-refractivity contribution in [1.82, 2.24) is 0 Å². The smallest absolute Gasteiger partial charge is 0.234 e. The highest BCUT2D eigenvalue weighted by Crippen LogP contribution is 2.35. The second-order valence-electron chi connectivity index (χ2n) is 4.28. The highest BCUT2D eigenvalue weighted by molar-refractivity contribution is 8.00. The molecule has 3 rings (SSSR count). The summed E-state index contributed by atoms with van der Waals surface area (Å²) in [5.74, 6) is 1.40. The Kier molecular flexibility index (Phi) is 3.17. The monoisotopic (exact) mass is 271 g/mol. The molecule has 1 aliphatic heterocycles. The van der Waals surface area contributed by atoms with E-state index in [0.717, 1.165) is 27.5 Å². The number of amides is 1. The predicted molar refractivity (Wildman–Crippen MR) is 77.8 cm³/mol. The number of ether oxygens (including phenoxy) is 1. The Balaban J connectivity index is 1.95. The summed E-state index contributed by atoms with van der Waals surface area (Å²) in [6.45, 7) is 0. The summed E-state index contributed by atoms with van der Waals surface area (Å²) in [5, 5.41) is 2.88. The third-order valence-electron chi connectivity index (χ3n) is 3.04. The molecule has 1 amide bonds. The number of anilines is 1. The fourth-order valence-electron chi connectivity index (χ4n) is 2.04. The van der Waals surface area contributed by atoms with Gasteiger partial charge in [0, 0.05) is 4.90 Å². The van der Waals surface area contributed by atoms with Crippen molar-refractivity contribution in [3.8, 4) is 16.9 Å². The topological polar surface area (TPSA) is 38.3 Å². The Hall–Kier alpha value is -1.94. The molecule has 0 fully saturated rings. The molecule has 0 atom stereocenters. The maximum atomic E-state index is 11.3. The number of hydrogen-bond donors (Lipinski definition) is 1. The first kappa shape index (κ1) is 12.1. The van der Waals surface area contributed by atoms with Crippen LogP contribution in [0.5, 0.6) is 5.75 Å². The van der Waals surface area contributed by atoms with Crippen LogP contribution in [0.25, 0.3) is 11.1 Å². The molecular formula is C15H13NO2S. The molecule has 1 aliphatic rings. The number of carbonyl (C=O) groups is 1. The van der Waals surface area contributed by atoms with E-state index in [9.17, 15) is 4.79 Å². The summed E-state index contributed by atoms with van der Waals surface area (Å²) in [5.41, 5.74) is 3.18. The number of hydrogen-bond acceptors (Lipinski definition) is 3. The number of nitrogens with one attached hydrogen (secondary N) is 1. The van der Waals surface area contributed by atoms with Gasteiger partial charge >= 0.3 is 0 Å². The van der Waals surface area contributed by atoms with Gasteiger partial charge in [-0.15, -0.1) is 11.8 Å². The second kappa shape index (κ2) is 4.97. The average Bonchev–Trinajstić information content (AvgIpc) is 2.47. The minimum atomic E-state index is 0.0645. The predicted octanol–water partition coefficient (Wildman–Crippen LogP) is 3.41. The molecule has 0 saturated heterocycles. The first-order chi connectivity index (χ1) is 9.26. The van der Waals surface area contributed by atoms with Crippen LogP contribution in [0.2, 0.25) is 0 Å². The van der Waals surface area contributed by atoms with Crippen LogP contribution in [-0.2, 0) is 4.79 Å². The highest BCUT2D eigenvalue weighted by atomic mass is 32.2. The van der Waals surface area contributed by atoms with E-state index in [4.69, 9.17) is 4.74 Å². The van der Waals surface area contributed by atoms with Crippen LogP contribution in [0, 0.1) is 0 Å². The Morgan fingerprint density at radius 2 is 1.84 bits per heavy atom. The third-order valence-corrected chi connectivity index (χ3v) is 4.09. The van der Waals surface area contributed by atoms with E-state index < -0.39 is 0 Å². The molecule has 0 bridgehead atoms. The van der Waals surface area contributed by atoms with E-state index >= 15 is 0 Å². The minimum absolute atomic E-state index is 0.0645. The standard InChI is InChI=1S/C15H13NO2S/c1-18-12-5-2-10(3-6-12)11-4-7-13-14(8-11)19-9-15(17)16-13/h2-8H,9H2,1H3,(H,16,17). The van der Waals surface area contributed by atoms with E-state index in [1.807, 2.05) is 36.4 Å². The second-order valence-corrected chi connectivity index (χ2v) is 5.29. The van der Waals surface area contributed by atoms with Gasteiger partial charge in [-0.1, -0.05) is 18.2 Å². The quantitative estimate of drug-likeness (QED) is 0.909. The molecular weight excluding hydrogens is 258 g/mol. The first-order valence-corrected chi connectivity index (χ1v) is 6.96. The van der Waals surface area contributed by atoms with Crippen LogP contribution >= 0.6 is 11.8 Å². The van der Waals surface area contributed by atoms with Gasteiger partial charge in [-0.2, -0.15) is 0 Å².